The Morgan fingerprint density at radius 3 is 2.21 bits per heavy atom. The predicted octanol–water partition coefficient (Wildman–Crippen LogP) is 3.53. The van der Waals surface area contributed by atoms with Gasteiger partial charge in [0.05, 0.1) is 12.6 Å². The van der Waals surface area contributed by atoms with E-state index in [1.165, 1.54) is 24.5 Å². The maximum atomic E-state index is 5.28. The molecule has 0 bridgehead atoms. The van der Waals surface area contributed by atoms with Gasteiger partial charge in [0.1, 0.15) is 0 Å². The first-order valence-electron chi connectivity index (χ1n) is 8.45. The summed E-state index contributed by atoms with van der Waals surface area (Å²) in [5.41, 5.74) is 1.18. The van der Waals surface area contributed by atoms with E-state index >= 15 is 0 Å². The fourth-order valence-corrected chi connectivity index (χ4v) is 2.82. The van der Waals surface area contributed by atoms with E-state index in [0.717, 1.165) is 13.2 Å². The van der Waals surface area contributed by atoms with Gasteiger partial charge in [-0.1, -0.05) is 13.8 Å². The van der Waals surface area contributed by atoms with Gasteiger partial charge in [-0.3, -0.25) is 5.01 Å². The first-order valence-corrected chi connectivity index (χ1v) is 8.45. The average molecular weight is 368 g/mol. The molecule has 2 saturated carbocycles. The minimum atomic E-state index is 0. The van der Waals surface area contributed by atoms with Gasteiger partial charge in [0, 0.05) is 25.3 Å². The van der Waals surface area contributed by atoms with Crippen LogP contribution in [0.3, 0.4) is 0 Å². The largest absolute Gasteiger partial charge is 2.00 e. The molecule has 3 fully saturated rings. The summed E-state index contributed by atoms with van der Waals surface area (Å²) in [5, 5.41) is 7.10. The van der Waals surface area contributed by atoms with Crippen molar-refractivity contribution in [2.75, 3.05) is 20.3 Å². The van der Waals surface area contributed by atoms with Crippen molar-refractivity contribution in [3.05, 3.63) is 63.7 Å². The molecule has 3 rings (SSSR count). The number of nitrogens with zero attached hydrogens (tertiary/aromatic N) is 2. The number of methoxy groups -OCH3 is 1. The Labute approximate surface area is 160 Å². The molecule has 0 aromatic carbocycles. The summed E-state index contributed by atoms with van der Waals surface area (Å²) in [6.07, 6.45) is 20.8. The Kier molecular flexibility index (Phi) is 11.3. The molecule has 0 N–H and O–H groups in total. The number of hydrogen-bond donors (Lipinski definition) is 0. The van der Waals surface area contributed by atoms with Gasteiger partial charge < -0.3 is 4.74 Å². The van der Waals surface area contributed by atoms with E-state index in [1.807, 2.05) is 32.1 Å². The van der Waals surface area contributed by atoms with Crippen LogP contribution in [0.1, 0.15) is 26.7 Å². The summed E-state index contributed by atoms with van der Waals surface area (Å²) in [7, 11) is 1.76. The first-order chi connectivity index (χ1) is 11.2. The van der Waals surface area contributed by atoms with Crippen LogP contribution in [0.15, 0.2) is 5.10 Å². The van der Waals surface area contributed by atoms with Crippen LogP contribution in [-0.4, -0.2) is 37.0 Å². The minimum Gasteiger partial charge on any atom is -0.382 e. The molecule has 1 heterocycles. The molecule has 0 aromatic heterocycles. The number of hydrogen-bond acceptors (Lipinski definition) is 3. The van der Waals surface area contributed by atoms with Crippen LogP contribution in [0.5, 0.6) is 0 Å². The van der Waals surface area contributed by atoms with Gasteiger partial charge in [0.2, 0.25) is 0 Å². The van der Waals surface area contributed by atoms with Gasteiger partial charge in [-0.05, 0) is 76.5 Å². The standard InChI is InChI=1S/C15H23N2O.C5H5.Fe/c1-12(2)15(13-7-4-5-8-13)16-17-10-6-9-14(17)11-18-3;1-2-4-5-3-1;/h4-5,7-8,12,14H,6,9-11H2,1-3H3;1-5H;/q;;+2/b16-15-;;/t14-;;/m0../s1. The SMILES string of the molecule is COC[C@@H]1CCCN1/N=C(\[C]1[CH][CH][CH][CH]1)C(C)C.[CH]1[CH][CH][CH][CH]1.[Fe+2]. The Hall–Kier alpha value is -0.0505. The molecule has 1 aliphatic heterocycles. The van der Waals surface area contributed by atoms with E-state index in [9.17, 15) is 0 Å². The summed E-state index contributed by atoms with van der Waals surface area (Å²) in [6.45, 7) is 6.22. The third-order valence-electron chi connectivity index (χ3n) is 4.00. The first kappa shape index (κ1) is 22.0. The molecule has 3 nitrogen and oxygen atoms in total. The minimum absolute atomic E-state index is 0. The second kappa shape index (κ2) is 12.3. The van der Waals surface area contributed by atoms with Crippen LogP contribution >= 0.6 is 0 Å². The quantitative estimate of drug-likeness (QED) is 0.548. The molecule has 1 atom stereocenters. The van der Waals surface area contributed by atoms with E-state index in [2.05, 4.69) is 44.5 Å². The van der Waals surface area contributed by atoms with E-state index < -0.39 is 0 Å². The molecule has 24 heavy (non-hydrogen) atoms. The van der Waals surface area contributed by atoms with Gasteiger partial charge in [-0.15, -0.1) is 0 Å². The molecule has 10 radical (unpaired) electrons. The Morgan fingerprint density at radius 2 is 1.71 bits per heavy atom. The van der Waals surface area contributed by atoms with Crippen molar-refractivity contribution < 1.29 is 21.8 Å². The van der Waals surface area contributed by atoms with Crippen LogP contribution in [0.2, 0.25) is 0 Å². The van der Waals surface area contributed by atoms with E-state index in [-0.39, 0.29) is 17.1 Å². The molecular weight excluding hydrogens is 340 g/mol. The van der Waals surface area contributed by atoms with Crippen LogP contribution in [0.25, 0.3) is 0 Å². The van der Waals surface area contributed by atoms with E-state index in [4.69, 9.17) is 9.84 Å². The maximum absolute atomic E-state index is 5.28. The Bertz CT molecular complexity index is 342. The van der Waals surface area contributed by atoms with Gasteiger partial charge in [-0.2, -0.15) is 5.10 Å². The number of ether oxygens (including phenoxy) is 1. The van der Waals surface area contributed by atoms with Crippen LogP contribution < -0.4 is 0 Å². The van der Waals surface area contributed by atoms with Crippen molar-refractivity contribution >= 4 is 5.71 Å². The number of hydrazone groups is 1. The molecule has 1 saturated heterocycles. The summed E-state index contributed by atoms with van der Waals surface area (Å²) in [4.78, 5) is 0. The summed E-state index contributed by atoms with van der Waals surface area (Å²) in [6, 6.07) is 0.443. The smallest absolute Gasteiger partial charge is 0.382 e. The molecule has 0 amide bonds. The van der Waals surface area contributed by atoms with Crippen molar-refractivity contribution in [1.82, 2.24) is 5.01 Å². The van der Waals surface area contributed by atoms with Crippen LogP contribution in [0.4, 0.5) is 0 Å². The topological polar surface area (TPSA) is 24.8 Å². The van der Waals surface area contributed by atoms with Crippen LogP contribution in [-0.2, 0) is 21.8 Å². The molecule has 0 spiro atoms. The zero-order valence-electron chi connectivity index (χ0n) is 14.8. The third kappa shape index (κ3) is 7.06. The van der Waals surface area contributed by atoms with Crippen molar-refractivity contribution in [3.63, 3.8) is 0 Å². The van der Waals surface area contributed by atoms with Crippen molar-refractivity contribution in [1.29, 1.82) is 0 Å². The second-order valence-electron chi connectivity index (χ2n) is 6.19. The molecule has 2 aliphatic carbocycles. The van der Waals surface area contributed by atoms with Gasteiger partial charge in [0.15, 0.2) is 0 Å². The van der Waals surface area contributed by atoms with Gasteiger partial charge >= 0.3 is 17.1 Å². The van der Waals surface area contributed by atoms with Crippen molar-refractivity contribution in [2.45, 2.75) is 32.7 Å². The van der Waals surface area contributed by atoms with Crippen LogP contribution in [0, 0.1) is 69.6 Å². The molecule has 0 aromatic rings. The maximum Gasteiger partial charge on any atom is 2.00 e. The summed E-state index contributed by atoms with van der Waals surface area (Å²) in [5.74, 6) is 1.68. The van der Waals surface area contributed by atoms with E-state index in [0.29, 0.717) is 12.0 Å². The predicted molar refractivity (Wildman–Crippen MR) is 95.8 cm³/mol. The molecular formula is C20H28FeN2O+2. The summed E-state index contributed by atoms with van der Waals surface area (Å²) < 4.78 is 5.28. The third-order valence-corrected chi connectivity index (χ3v) is 4.00. The van der Waals surface area contributed by atoms with E-state index in [1.54, 1.807) is 7.11 Å². The molecule has 4 heteroatoms. The number of rotatable bonds is 5. The zero-order valence-corrected chi connectivity index (χ0v) is 15.9. The van der Waals surface area contributed by atoms with Gasteiger partial charge in [0.25, 0.3) is 0 Å². The molecule has 3 aliphatic rings. The Morgan fingerprint density at radius 1 is 1.12 bits per heavy atom. The monoisotopic (exact) mass is 368 g/mol. The van der Waals surface area contributed by atoms with Gasteiger partial charge in [-0.25, -0.2) is 0 Å². The van der Waals surface area contributed by atoms with Crippen molar-refractivity contribution in [2.24, 2.45) is 11.0 Å². The average Bonchev–Trinajstić information content (AvgIpc) is 3.29. The zero-order chi connectivity index (χ0) is 16.5. The Balaban J connectivity index is 0.000000412. The normalized spacial score (nSPS) is 24.9. The summed E-state index contributed by atoms with van der Waals surface area (Å²) >= 11 is 0. The molecule has 0 unspecified atom stereocenters. The second-order valence-corrected chi connectivity index (χ2v) is 6.19. The fourth-order valence-electron chi connectivity index (χ4n) is 2.82. The molecule has 130 valence electrons. The fraction of sp³-hybridized carbons (Fsp3) is 0.450. The van der Waals surface area contributed by atoms with Crippen molar-refractivity contribution in [3.8, 4) is 0 Å².